The van der Waals surface area contributed by atoms with Crippen LogP contribution in [0, 0.1) is 6.92 Å². The molecule has 134 valence electrons. The number of hydrogen-bond donors (Lipinski definition) is 0. The summed E-state index contributed by atoms with van der Waals surface area (Å²) in [6.07, 6.45) is 1.69. The first kappa shape index (κ1) is 21.7. The first-order valence-electron chi connectivity index (χ1n) is 6.92. The summed E-state index contributed by atoms with van der Waals surface area (Å²) in [5, 5.41) is 0. The molecule has 0 fully saturated rings. The van der Waals surface area contributed by atoms with Crippen LogP contribution < -0.4 is 4.57 Å². The summed E-state index contributed by atoms with van der Waals surface area (Å²) in [6, 6.07) is 4.32. The van der Waals surface area contributed by atoms with Crippen LogP contribution in [0.2, 0.25) is 0 Å². The predicted octanol–water partition coefficient (Wildman–Crippen LogP) is 5.04. The molecule has 0 aliphatic carbocycles. The monoisotopic (exact) mass is 351 g/mol. The maximum Gasteiger partial charge on any atom is 0.558 e. The van der Waals surface area contributed by atoms with Crippen LogP contribution in [0.5, 0.6) is 0 Å². The lowest BCUT2D eigenvalue weighted by molar-refractivity contribution is -0.697. The highest BCUT2D eigenvalue weighted by Gasteiger charge is 2.69. The van der Waals surface area contributed by atoms with Crippen molar-refractivity contribution < 1.29 is 39.5 Å². The number of rotatable bonds is 5. The van der Waals surface area contributed by atoms with E-state index in [2.05, 4.69) is 42.9 Å². The van der Waals surface area contributed by atoms with E-state index >= 15 is 0 Å². The highest BCUT2D eigenvalue weighted by molar-refractivity contribution is 6.61. The topological polar surface area (TPSA) is 3.88 Å². The first-order valence-corrected chi connectivity index (χ1v) is 6.92. The molecule has 1 aromatic heterocycles. The third kappa shape index (κ3) is 7.17. The van der Waals surface area contributed by atoms with Gasteiger partial charge in [0, 0.05) is 18.6 Å². The van der Waals surface area contributed by atoms with Crippen LogP contribution in [0.3, 0.4) is 0 Å². The van der Waals surface area contributed by atoms with Gasteiger partial charge in [0.2, 0.25) is 0 Å². The van der Waals surface area contributed by atoms with Gasteiger partial charge in [0.05, 0.1) is 0 Å². The zero-order chi connectivity index (χ0) is 18.3. The Bertz CT molecular complexity index is 437. The molecule has 1 heterocycles. The minimum absolute atomic E-state index is 1.16. The minimum Gasteiger partial charge on any atom is -0.445 e. The summed E-state index contributed by atoms with van der Waals surface area (Å²) in [4.78, 5) is 0. The molecule has 0 spiro atoms. The molecule has 0 aliphatic rings. The molecule has 0 aromatic carbocycles. The van der Waals surface area contributed by atoms with Crippen LogP contribution in [0.15, 0.2) is 24.5 Å². The number of pyridine rings is 1. The van der Waals surface area contributed by atoms with E-state index in [0.29, 0.717) is 0 Å². The van der Waals surface area contributed by atoms with E-state index < -0.39 is 19.0 Å². The van der Waals surface area contributed by atoms with Crippen LogP contribution in [0.1, 0.15) is 31.7 Å². The lowest BCUT2D eigenvalue weighted by Crippen LogP contribution is -2.53. The van der Waals surface area contributed by atoms with Crippen molar-refractivity contribution in [2.24, 2.45) is 0 Å². The van der Waals surface area contributed by atoms with Crippen LogP contribution >= 0.6 is 0 Å². The van der Waals surface area contributed by atoms with Crippen molar-refractivity contribution in [3.05, 3.63) is 30.1 Å². The summed E-state index contributed by atoms with van der Waals surface area (Å²) in [7, 11) is 0. The first-order chi connectivity index (χ1) is 10.3. The van der Waals surface area contributed by atoms with Crippen LogP contribution in [-0.2, 0) is 6.54 Å². The predicted molar refractivity (Wildman–Crippen MR) is 71.0 cm³/mol. The van der Waals surface area contributed by atoms with Gasteiger partial charge in [-0.2, -0.15) is 13.2 Å². The number of nitrogens with zero attached hydrogens (tertiary/aromatic N) is 1. The summed E-state index contributed by atoms with van der Waals surface area (Å²) in [5.41, 5.74) is 1.33. The molecule has 1 nitrogen and oxygen atoms in total. The quantitative estimate of drug-likeness (QED) is 0.303. The van der Waals surface area contributed by atoms with Crippen molar-refractivity contribution in [2.75, 3.05) is 0 Å². The molecule has 0 saturated carbocycles. The van der Waals surface area contributed by atoms with Crippen LogP contribution in [-0.4, -0.2) is 19.0 Å². The van der Waals surface area contributed by atoms with Crippen LogP contribution in [0.25, 0.3) is 0 Å². The van der Waals surface area contributed by atoms with Crippen molar-refractivity contribution in [1.29, 1.82) is 0 Å². The van der Waals surface area contributed by atoms with Gasteiger partial charge in [-0.3, -0.25) is 0 Å². The minimum atomic E-state index is -7.21. The molecule has 0 bridgehead atoms. The number of halogens is 8. The van der Waals surface area contributed by atoms with E-state index in [4.69, 9.17) is 0 Å². The van der Waals surface area contributed by atoms with Gasteiger partial charge in [-0.05, 0) is 18.9 Å². The fraction of sp³-hybridized carbons (Fsp3) is 0.615. The Morgan fingerprint density at radius 3 is 1.74 bits per heavy atom. The third-order valence-corrected chi connectivity index (χ3v) is 2.87. The molecular weight excluding hydrogens is 333 g/mol. The fourth-order valence-electron chi connectivity index (χ4n) is 1.41. The highest BCUT2D eigenvalue weighted by atomic mass is 19.4. The third-order valence-electron chi connectivity index (χ3n) is 2.87. The Hall–Kier alpha value is -1.35. The van der Waals surface area contributed by atoms with Gasteiger partial charge in [0.1, 0.15) is 6.54 Å². The van der Waals surface area contributed by atoms with Gasteiger partial charge in [-0.15, -0.1) is 0 Å². The van der Waals surface area contributed by atoms with Gasteiger partial charge >= 0.3 is 19.0 Å². The van der Waals surface area contributed by atoms with Gasteiger partial charge in [0.15, 0.2) is 12.4 Å². The van der Waals surface area contributed by atoms with Crippen molar-refractivity contribution in [2.45, 2.75) is 51.7 Å². The molecule has 0 unspecified atom stereocenters. The van der Waals surface area contributed by atoms with Crippen molar-refractivity contribution >= 4 is 6.98 Å². The second-order valence-electron chi connectivity index (χ2n) is 5.02. The van der Waals surface area contributed by atoms with Gasteiger partial charge in [0.25, 0.3) is 0 Å². The Labute approximate surface area is 129 Å². The fourth-order valence-corrected chi connectivity index (χ4v) is 1.41. The number of hydrogen-bond acceptors (Lipinski definition) is 0. The van der Waals surface area contributed by atoms with Crippen molar-refractivity contribution in [3.63, 3.8) is 0 Å². The SMILES string of the molecule is CCCCC[n+]1ccc(C)cc1.F[B-](F)(F)C(F)(F)C(F)(F)F. The Balaban J connectivity index is 0.000000423. The summed E-state index contributed by atoms with van der Waals surface area (Å²) in [5.74, 6) is -6.56. The number of unbranched alkanes of at least 4 members (excludes halogenated alkanes) is 2. The lowest BCUT2D eigenvalue weighted by atomic mass is 9.80. The van der Waals surface area contributed by atoms with E-state index in [-0.39, 0.29) is 0 Å². The summed E-state index contributed by atoms with van der Waals surface area (Å²) in [6.45, 7) is -1.69. The smallest absolute Gasteiger partial charge is 0.445 e. The average molecular weight is 351 g/mol. The van der Waals surface area contributed by atoms with E-state index in [1.807, 2.05) is 0 Å². The molecule has 0 aliphatic heterocycles. The molecule has 0 radical (unpaired) electrons. The second-order valence-corrected chi connectivity index (χ2v) is 5.02. The normalized spacial score (nSPS) is 12.6. The molecule has 1 aromatic rings. The second kappa shape index (κ2) is 8.49. The molecular formula is C13H18BF8N. The average Bonchev–Trinajstić information content (AvgIpc) is 2.39. The maximum atomic E-state index is 11.2. The molecule has 23 heavy (non-hydrogen) atoms. The number of alkyl halides is 5. The number of aryl methyl sites for hydroxylation is 2. The Morgan fingerprint density at radius 1 is 0.957 bits per heavy atom. The molecule has 0 saturated heterocycles. The van der Waals surface area contributed by atoms with E-state index in [1.165, 1.54) is 24.8 Å². The van der Waals surface area contributed by atoms with Gasteiger partial charge < -0.3 is 12.9 Å². The number of aromatic nitrogens is 1. The largest absolute Gasteiger partial charge is 0.558 e. The van der Waals surface area contributed by atoms with Crippen LogP contribution in [0.4, 0.5) is 34.9 Å². The lowest BCUT2D eigenvalue weighted by Gasteiger charge is -2.28. The van der Waals surface area contributed by atoms with Gasteiger partial charge in [-0.1, -0.05) is 13.3 Å². The molecule has 1 rings (SSSR count). The maximum absolute atomic E-state index is 11.2. The Morgan fingerprint density at radius 2 is 1.43 bits per heavy atom. The zero-order valence-electron chi connectivity index (χ0n) is 12.7. The Kier molecular flexibility index (Phi) is 7.99. The van der Waals surface area contributed by atoms with Crippen molar-refractivity contribution in [3.8, 4) is 0 Å². The van der Waals surface area contributed by atoms with Crippen molar-refractivity contribution in [1.82, 2.24) is 0 Å². The molecule has 0 amide bonds. The molecule has 0 atom stereocenters. The highest BCUT2D eigenvalue weighted by Crippen LogP contribution is 2.43. The van der Waals surface area contributed by atoms with E-state index in [9.17, 15) is 34.9 Å². The molecule has 0 N–H and O–H groups in total. The standard InChI is InChI=1S/C11H18N.C2BF8/c1-3-4-5-8-12-9-6-11(2)7-10-12;4-1(5,2(6,7)8)3(9,10)11/h6-7,9-10H,3-5,8H2,1-2H3;/q+1;-1. The summed E-state index contributed by atoms with van der Waals surface area (Å²) < 4.78 is 90.1. The summed E-state index contributed by atoms with van der Waals surface area (Å²) >= 11 is 0. The van der Waals surface area contributed by atoms with E-state index in [0.717, 1.165) is 6.54 Å². The zero-order valence-corrected chi connectivity index (χ0v) is 12.7. The molecule has 10 heteroatoms. The van der Waals surface area contributed by atoms with E-state index in [1.54, 1.807) is 0 Å². The van der Waals surface area contributed by atoms with Gasteiger partial charge in [-0.25, -0.2) is 13.3 Å².